The van der Waals surface area contributed by atoms with Crippen molar-refractivity contribution in [3.8, 4) is 5.75 Å². The second kappa shape index (κ2) is 7.41. The number of ether oxygens (including phenoxy) is 1. The maximum atomic E-state index is 5.46. The van der Waals surface area contributed by atoms with Crippen LogP contribution in [0.25, 0.3) is 0 Å². The highest BCUT2D eigenvalue weighted by molar-refractivity contribution is 5.28. The van der Waals surface area contributed by atoms with Gasteiger partial charge in [-0.15, -0.1) is 0 Å². The molecule has 0 bridgehead atoms. The largest absolute Gasteiger partial charge is 0.493 e. The van der Waals surface area contributed by atoms with Crippen LogP contribution in [0.15, 0.2) is 6.20 Å². The van der Waals surface area contributed by atoms with Crippen molar-refractivity contribution in [2.24, 2.45) is 0 Å². The first-order valence-corrected chi connectivity index (χ1v) is 7.00. The Morgan fingerprint density at radius 2 is 2.11 bits per heavy atom. The van der Waals surface area contributed by atoms with E-state index in [4.69, 9.17) is 4.74 Å². The minimum atomic E-state index is 0.329. The van der Waals surface area contributed by atoms with Gasteiger partial charge >= 0.3 is 0 Å². The molecule has 0 spiro atoms. The summed E-state index contributed by atoms with van der Waals surface area (Å²) in [6, 6.07) is 0.682. The molecule has 1 aromatic heterocycles. The topological polar surface area (TPSA) is 39.1 Å². The minimum Gasteiger partial charge on any atom is -0.493 e. The van der Waals surface area contributed by atoms with Crippen molar-refractivity contribution in [2.75, 3.05) is 13.7 Å². The molecular formula is C14H27N3O. The normalized spacial score (nSPS) is 13.0. The molecule has 0 radical (unpaired) electrons. The highest BCUT2D eigenvalue weighted by Gasteiger charge is 2.22. The van der Waals surface area contributed by atoms with Gasteiger partial charge in [0.2, 0.25) is 0 Å². The molecule has 1 aromatic rings. The third-order valence-corrected chi connectivity index (χ3v) is 3.13. The van der Waals surface area contributed by atoms with Crippen molar-refractivity contribution in [2.45, 2.75) is 59.0 Å². The summed E-state index contributed by atoms with van der Waals surface area (Å²) in [4.78, 5) is 0. The maximum absolute atomic E-state index is 5.46. The Hall–Kier alpha value is -1.03. The fourth-order valence-electron chi connectivity index (χ4n) is 2.25. The van der Waals surface area contributed by atoms with Gasteiger partial charge in [0.25, 0.3) is 0 Å². The van der Waals surface area contributed by atoms with Crippen molar-refractivity contribution in [1.29, 1.82) is 0 Å². The molecule has 1 atom stereocenters. The quantitative estimate of drug-likeness (QED) is 0.772. The van der Waals surface area contributed by atoms with Crippen LogP contribution in [0.1, 0.15) is 64.7 Å². The van der Waals surface area contributed by atoms with Gasteiger partial charge in [0, 0.05) is 6.04 Å². The average Bonchev–Trinajstić information content (AvgIpc) is 2.78. The number of aromatic nitrogens is 2. The molecule has 1 heterocycles. The summed E-state index contributed by atoms with van der Waals surface area (Å²) in [7, 11) is 1.72. The summed E-state index contributed by atoms with van der Waals surface area (Å²) in [6.07, 6.45) is 5.37. The smallest absolute Gasteiger partial charge is 0.161 e. The van der Waals surface area contributed by atoms with Gasteiger partial charge in [-0.1, -0.05) is 26.7 Å². The summed E-state index contributed by atoms with van der Waals surface area (Å²) in [5.74, 6) is 0.894. The van der Waals surface area contributed by atoms with E-state index in [2.05, 4.69) is 42.8 Å². The molecule has 0 saturated heterocycles. The predicted molar refractivity (Wildman–Crippen MR) is 75.1 cm³/mol. The highest BCUT2D eigenvalue weighted by Crippen LogP contribution is 2.30. The zero-order valence-electron chi connectivity index (χ0n) is 12.4. The van der Waals surface area contributed by atoms with Crippen LogP contribution < -0.4 is 10.1 Å². The average molecular weight is 253 g/mol. The Labute approximate surface area is 111 Å². The van der Waals surface area contributed by atoms with E-state index >= 15 is 0 Å². The molecule has 0 aliphatic rings. The van der Waals surface area contributed by atoms with E-state index in [1.54, 1.807) is 7.11 Å². The summed E-state index contributed by atoms with van der Waals surface area (Å²) in [5.41, 5.74) is 1.18. The Morgan fingerprint density at radius 1 is 1.39 bits per heavy atom. The molecule has 0 saturated carbocycles. The van der Waals surface area contributed by atoms with Gasteiger partial charge in [0.1, 0.15) is 0 Å². The number of hydrogen-bond donors (Lipinski definition) is 1. The molecule has 1 N–H and O–H groups in total. The first-order chi connectivity index (χ1) is 8.65. The molecule has 0 amide bonds. The summed E-state index contributed by atoms with van der Waals surface area (Å²) >= 11 is 0. The molecule has 0 aliphatic heterocycles. The van der Waals surface area contributed by atoms with Crippen LogP contribution in [0.2, 0.25) is 0 Å². The number of rotatable bonds is 8. The van der Waals surface area contributed by atoms with E-state index in [1.807, 2.05) is 6.20 Å². The van der Waals surface area contributed by atoms with Crippen LogP contribution in [0.5, 0.6) is 5.75 Å². The third-order valence-electron chi connectivity index (χ3n) is 3.13. The summed E-state index contributed by atoms with van der Waals surface area (Å²) in [6.45, 7) is 9.62. The SMILES string of the molecule is CCCCC(NCC)c1c(OC)cnn1C(C)C. The molecule has 0 aliphatic carbocycles. The zero-order valence-corrected chi connectivity index (χ0v) is 12.4. The Bertz CT molecular complexity index is 347. The lowest BCUT2D eigenvalue weighted by atomic mass is 10.1. The Kier molecular flexibility index (Phi) is 6.19. The third kappa shape index (κ3) is 3.48. The van der Waals surface area contributed by atoms with Crippen molar-refractivity contribution < 1.29 is 4.74 Å². The van der Waals surface area contributed by atoms with E-state index in [9.17, 15) is 0 Å². The highest BCUT2D eigenvalue weighted by atomic mass is 16.5. The molecule has 1 unspecified atom stereocenters. The fraction of sp³-hybridized carbons (Fsp3) is 0.786. The molecule has 4 nitrogen and oxygen atoms in total. The van der Waals surface area contributed by atoms with Gasteiger partial charge < -0.3 is 10.1 Å². The number of nitrogens with one attached hydrogen (secondary N) is 1. The van der Waals surface area contributed by atoms with Crippen LogP contribution in [0, 0.1) is 0 Å². The Morgan fingerprint density at radius 3 is 2.61 bits per heavy atom. The van der Waals surface area contributed by atoms with Crippen molar-refractivity contribution in [1.82, 2.24) is 15.1 Å². The summed E-state index contributed by atoms with van der Waals surface area (Å²) in [5, 5.41) is 8.00. The second-order valence-electron chi connectivity index (χ2n) is 4.89. The number of nitrogens with zero attached hydrogens (tertiary/aromatic N) is 2. The zero-order chi connectivity index (χ0) is 13.5. The van der Waals surface area contributed by atoms with Crippen molar-refractivity contribution >= 4 is 0 Å². The first kappa shape index (κ1) is 15.0. The van der Waals surface area contributed by atoms with Gasteiger partial charge in [-0.25, -0.2) is 0 Å². The lowest BCUT2D eigenvalue weighted by molar-refractivity contribution is 0.375. The summed E-state index contributed by atoms with van der Waals surface area (Å²) < 4.78 is 7.53. The fourth-order valence-corrected chi connectivity index (χ4v) is 2.25. The molecule has 104 valence electrons. The second-order valence-corrected chi connectivity index (χ2v) is 4.89. The standard InChI is InChI=1S/C14H27N3O/c1-6-8-9-12(15-7-2)14-13(18-5)10-16-17(14)11(3)4/h10-12,15H,6-9H2,1-5H3. The van der Waals surface area contributed by atoms with E-state index in [-0.39, 0.29) is 0 Å². The number of methoxy groups -OCH3 is 1. The van der Waals surface area contributed by atoms with Crippen LogP contribution in [-0.4, -0.2) is 23.4 Å². The van der Waals surface area contributed by atoms with Crippen LogP contribution in [-0.2, 0) is 0 Å². The van der Waals surface area contributed by atoms with Gasteiger partial charge in [0.05, 0.1) is 25.0 Å². The maximum Gasteiger partial charge on any atom is 0.161 e. The number of unbranched alkanes of at least 4 members (excludes halogenated alkanes) is 1. The van der Waals surface area contributed by atoms with Gasteiger partial charge in [-0.2, -0.15) is 5.10 Å². The molecule has 1 rings (SSSR count). The van der Waals surface area contributed by atoms with Crippen molar-refractivity contribution in [3.05, 3.63) is 11.9 Å². The number of hydrogen-bond acceptors (Lipinski definition) is 3. The van der Waals surface area contributed by atoms with E-state index < -0.39 is 0 Å². The van der Waals surface area contributed by atoms with Crippen LogP contribution >= 0.6 is 0 Å². The molecule has 4 heteroatoms. The van der Waals surface area contributed by atoms with Gasteiger partial charge in [-0.3, -0.25) is 4.68 Å². The Balaban J connectivity index is 3.02. The van der Waals surface area contributed by atoms with Crippen molar-refractivity contribution in [3.63, 3.8) is 0 Å². The monoisotopic (exact) mass is 253 g/mol. The van der Waals surface area contributed by atoms with E-state index in [1.165, 1.54) is 18.5 Å². The lowest BCUT2D eigenvalue weighted by Crippen LogP contribution is -2.25. The van der Waals surface area contributed by atoms with Gasteiger partial charge in [-0.05, 0) is 26.8 Å². The van der Waals surface area contributed by atoms with Crippen LogP contribution in [0.4, 0.5) is 0 Å². The molecular weight excluding hydrogens is 226 g/mol. The molecule has 0 aromatic carbocycles. The minimum absolute atomic E-state index is 0.329. The lowest BCUT2D eigenvalue weighted by Gasteiger charge is -2.22. The molecule has 0 fully saturated rings. The van der Waals surface area contributed by atoms with Crippen LogP contribution in [0.3, 0.4) is 0 Å². The first-order valence-electron chi connectivity index (χ1n) is 7.00. The van der Waals surface area contributed by atoms with Gasteiger partial charge in [0.15, 0.2) is 5.75 Å². The van der Waals surface area contributed by atoms with E-state index in [0.29, 0.717) is 12.1 Å². The predicted octanol–water partition coefficient (Wildman–Crippen LogP) is 3.31. The van der Waals surface area contributed by atoms with E-state index in [0.717, 1.165) is 18.7 Å². The molecule has 18 heavy (non-hydrogen) atoms.